The number of amides is 1. The summed E-state index contributed by atoms with van der Waals surface area (Å²) >= 11 is 0. The Hall–Kier alpha value is -3.72. The van der Waals surface area contributed by atoms with Crippen LogP contribution >= 0.6 is 0 Å². The smallest absolute Gasteiger partial charge is 0.411 e. The van der Waals surface area contributed by atoms with Gasteiger partial charge in [0.05, 0.1) is 6.61 Å². The number of aromatic nitrogens is 3. The van der Waals surface area contributed by atoms with Crippen molar-refractivity contribution in [1.82, 2.24) is 19.5 Å². The zero-order chi connectivity index (χ0) is 22.8. The summed E-state index contributed by atoms with van der Waals surface area (Å²) in [5, 5.41) is 12.2. The van der Waals surface area contributed by atoms with Crippen molar-refractivity contribution in [1.29, 1.82) is 0 Å². The number of benzene rings is 1. The molecule has 3 aromatic heterocycles. The van der Waals surface area contributed by atoms with Crippen LogP contribution in [-0.4, -0.2) is 45.3 Å². The van der Waals surface area contributed by atoms with Crippen molar-refractivity contribution in [2.45, 2.75) is 32.2 Å². The van der Waals surface area contributed by atoms with Crippen molar-refractivity contribution in [2.75, 3.05) is 25.0 Å². The van der Waals surface area contributed by atoms with Crippen LogP contribution in [0.25, 0.3) is 16.6 Å². The maximum Gasteiger partial charge on any atom is 0.411 e. The van der Waals surface area contributed by atoms with E-state index < -0.39 is 11.7 Å². The first-order valence-corrected chi connectivity index (χ1v) is 11.1. The Morgan fingerprint density at radius 1 is 1.18 bits per heavy atom. The third-order valence-corrected chi connectivity index (χ3v) is 6.04. The summed E-state index contributed by atoms with van der Waals surface area (Å²) in [6, 6.07) is 12.8. The van der Waals surface area contributed by atoms with Gasteiger partial charge in [0.1, 0.15) is 11.4 Å². The minimum Gasteiger partial charge on any atom is -0.450 e. The van der Waals surface area contributed by atoms with E-state index in [1.807, 2.05) is 30.5 Å². The maximum atomic E-state index is 12.2. The molecule has 0 saturated carbocycles. The third kappa shape index (κ3) is 4.45. The van der Waals surface area contributed by atoms with Crippen LogP contribution in [0.2, 0.25) is 0 Å². The van der Waals surface area contributed by atoms with Crippen molar-refractivity contribution in [3.63, 3.8) is 0 Å². The number of hydrogen-bond donors (Lipinski definition) is 1. The molecule has 9 heteroatoms. The fourth-order valence-electron chi connectivity index (χ4n) is 4.45. The molecule has 5 rings (SSSR count). The fraction of sp³-hybridized carbons (Fsp3) is 0.333. The van der Waals surface area contributed by atoms with Gasteiger partial charge in [0.25, 0.3) is 0 Å². The molecule has 1 aliphatic rings. The number of piperidine rings is 1. The second kappa shape index (κ2) is 9.03. The normalized spacial score (nSPS) is 15.2. The van der Waals surface area contributed by atoms with Gasteiger partial charge >= 0.3 is 11.7 Å². The van der Waals surface area contributed by atoms with Gasteiger partial charge < -0.3 is 9.15 Å². The number of rotatable bonds is 5. The number of carbonyl (C=O) groups is 1. The second-order valence-corrected chi connectivity index (χ2v) is 8.18. The summed E-state index contributed by atoms with van der Waals surface area (Å²) < 4.78 is 12.4. The lowest BCUT2D eigenvalue weighted by molar-refractivity contribution is 0.168. The van der Waals surface area contributed by atoms with Crippen LogP contribution in [0.5, 0.6) is 0 Å². The van der Waals surface area contributed by atoms with E-state index in [-0.39, 0.29) is 6.61 Å². The molecule has 1 fully saturated rings. The predicted molar refractivity (Wildman–Crippen MR) is 123 cm³/mol. The fourth-order valence-corrected chi connectivity index (χ4v) is 4.45. The number of nitrogens with one attached hydrogen (secondary N) is 1. The monoisotopic (exact) mass is 447 g/mol. The average Bonchev–Trinajstić information content (AvgIpc) is 3.24. The molecule has 0 aliphatic carbocycles. The van der Waals surface area contributed by atoms with Gasteiger partial charge in [-0.25, -0.2) is 9.59 Å². The Morgan fingerprint density at radius 3 is 2.85 bits per heavy atom. The quantitative estimate of drug-likeness (QED) is 0.465. The molecule has 1 aliphatic heterocycles. The van der Waals surface area contributed by atoms with Crippen LogP contribution in [0.3, 0.4) is 0 Å². The van der Waals surface area contributed by atoms with E-state index in [1.165, 1.54) is 0 Å². The zero-order valence-corrected chi connectivity index (χ0v) is 18.4. The Labute approximate surface area is 190 Å². The van der Waals surface area contributed by atoms with Gasteiger partial charge in [-0.1, -0.05) is 6.07 Å². The number of fused-ring (bicyclic) bond motifs is 2. The van der Waals surface area contributed by atoms with Crippen molar-refractivity contribution in [2.24, 2.45) is 0 Å². The number of likely N-dealkylation sites (tertiary alicyclic amines) is 1. The van der Waals surface area contributed by atoms with Crippen molar-refractivity contribution in [3.8, 4) is 0 Å². The summed E-state index contributed by atoms with van der Waals surface area (Å²) in [5.41, 5.74) is 2.33. The summed E-state index contributed by atoms with van der Waals surface area (Å²) in [6.07, 6.45) is 3.42. The highest BCUT2D eigenvalue weighted by Gasteiger charge is 2.25. The number of ether oxygens (including phenoxy) is 1. The van der Waals surface area contributed by atoms with E-state index in [4.69, 9.17) is 9.15 Å². The number of anilines is 1. The Balaban J connectivity index is 1.30. The lowest BCUT2D eigenvalue weighted by Gasteiger charge is -2.31. The van der Waals surface area contributed by atoms with Crippen LogP contribution in [0.1, 0.15) is 37.1 Å². The van der Waals surface area contributed by atoms with Gasteiger partial charge in [0, 0.05) is 41.9 Å². The van der Waals surface area contributed by atoms with E-state index in [9.17, 15) is 9.59 Å². The Kier molecular flexibility index (Phi) is 5.78. The molecule has 1 N–H and O–H groups in total. The third-order valence-electron chi connectivity index (χ3n) is 6.04. The first kappa shape index (κ1) is 21.1. The molecule has 4 aromatic rings. The number of hydrogen-bond acceptors (Lipinski definition) is 7. The molecule has 1 amide bonds. The highest BCUT2D eigenvalue weighted by Crippen LogP contribution is 2.29. The van der Waals surface area contributed by atoms with E-state index in [0.29, 0.717) is 23.7 Å². The van der Waals surface area contributed by atoms with Gasteiger partial charge in [-0.3, -0.25) is 14.6 Å². The molecule has 0 atom stereocenters. The average molecular weight is 447 g/mol. The largest absolute Gasteiger partial charge is 0.450 e. The van der Waals surface area contributed by atoms with E-state index in [0.717, 1.165) is 48.4 Å². The Bertz CT molecular complexity index is 1350. The molecule has 4 heterocycles. The summed E-state index contributed by atoms with van der Waals surface area (Å²) in [4.78, 5) is 26.2. The lowest BCUT2D eigenvalue weighted by atomic mass is 9.95. The maximum absolute atomic E-state index is 12.2. The molecule has 0 unspecified atom stereocenters. The van der Waals surface area contributed by atoms with E-state index in [1.54, 1.807) is 25.1 Å². The summed E-state index contributed by atoms with van der Waals surface area (Å²) in [6.45, 7) is 4.47. The molecule has 9 nitrogen and oxygen atoms in total. The number of nitrogens with zero attached hydrogens (tertiary/aromatic N) is 4. The lowest BCUT2D eigenvalue weighted by Crippen LogP contribution is -2.33. The van der Waals surface area contributed by atoms with E-state index >= 15 is 0 Å². The molecular formula is C24H25N5O4. The highest BCUT2D eigenvalue weighted by atomic mass is 16.5. The summed E-state index contributed by atoms with van der Waals surface area (Å²) in [5.74, 6) is 1.37. The molecule has 0 spiro atoms. The number of pyridine rings is 1. The molecule has 0 radical (unpaired) electrons. The molecule has 170 valence electrons. The standard InChI is InChI=1S/C24H25N5O4/c1-2-32-24(31)25-18-6-7-19-17(13-22(30)33-20(19)14-18)15-28-11-8-16(9-12-28)23-27-26-21-5-3-4-10-29(21)23/h3-7,10,13-14,16H,2,8-9,11-12,15H2,1H3,(H,25,31). The van der Waals surface area contributed by atoms with Gasteiger partial charge in [-0.15, -0.1) is 10.2 Å². The minimum absolute atomic E-state index is 0.280. The summed E-state index contributed by atoms with van der Waals surface area (Å²) in [7, 11) is 0. The first-order chi connectivity index (χ1) is 16.1. The predicted octanol–water partition coefficient (Wildman–Crippen LogP) is 3.78. The minimum atomic E-state index is -0.543. The van der Waals surface area contributed by atoms with Gasteiger partial charge in [-0.05, 0) is 62.7 Å². The molecular weight excluding hydrogens is 422 g/mol. The first-order valence-electron chi connectivity index (χ1n) is 11.1. The van der Waals surface area contributed by atoms with Crippen molar-refractivity contribution < 1.29 is 13.9 Å². The van der Waals surface area contributed by atoms with Gasteiger partial charge in [-0.2, -0.15) is 0 Å². The molecule has 1 aromatic carbocycles. The topological polar surface area (TPSA) is 102 Å². The van der Waals surface area contributed by atoms with Gasteiger partial charge in [0.15, 0.2) is 5.65 Å². The molecule has 0 bridgehead atoms. The van der Waals surface area contributed by atoms with Crippen molar-refractivity contribution >= 4 is 28.4 Å². The number of carbonyl (C=O) groups excluding carboxylic acids is 1. The van der Waals surface area contributed by atoms with Crippen LogP contribution < -0.4 is 10.9 Å². The Morgan fingerprint density at radius 2 is 2.03 bits per heavy atom. The van der Waals surface area contributed by atoms with E-state index in [2.05, 4.69) is 24.8 Å². The SMILES string of the molecule is CCOC(=O)Nc1ccc2c(CN3CCC(c4nnc5ccccn45)CC3)cc(=O)oc2c1. The highest BCUT2D eigenvalue weighted by molar-refractivity contribution is 5.89. The second-order valence-electron chi connectivity index (χ2n) is 8.18. The van der Waals surface area contributed by atoms with Crippen LogP contribution in [0.15, 0.2) is 57.9 Å². The van der Waals surface area contributed by atoms with Crippen LogP contribution in [0, 0.1) is 0 Å². The molecule has 1 saturated heterocycles. The van der Waals surface area contributed by atoms with Crippen LogP contribution in [-0.2, 0) is 11.3 Å². The van der Waals surface area contributed by atoms with Gasteiger partial charge in [0.2, 0.25) is 0 Å². The van der Waals surface area contributed by atoms with Crippen molar-refractivity contribution in [3.05, 3.63) is 70.5 Å². The zero-order valence-electron chi connectivity index (χ0n) is 18.4. The van der Waals surface area contributed by atoms with Crippen LogP contribution in [0.4, 0.5) is 10.5 Å². The molecule has 33 heavy (non-hydrogen) atoms.